The number of allylic oxidation sites excluding steroid dienone is 1. The maximum Gasteiger partial charge on any atom is 0.159 e. The molecule has 0 amide bonds. The predicted molar refractivity (Wildman–Crippen MR) is 174 cm³/mol. The first-order valence-electron chi connectivity index (χ1n) is 16.0. The molecular formula is C37H52FNO4. The van der Waals surface area contributed by atoms with Gasteiger partial charge in [-0.15, -0.1) is 0 Å². The molecule has 0 unspecified atom stereocenters. The first-order chi connectivity index (χ1) is 20.2. The molecule has 1 spiro atoms. The highest BCUT2D eigenvalue weighted by molar-refractivity contribution is 5.95. The number of methoxy groups -OCH3 is 1. The predicted octanol–water partition coefficient (Wildman–Crippen LogP) is 8.06. The number of benzene rings is 2. The molecule has 2 aromatic carbocycles. The number of anilines is 1. The lowest BCUT2D eigenvalue weighted by molar-refractivity contribution is -0.106. The minimum absolute atomic E-state index is 0. The smallest absolute Gasteiger partial charge is 0.159 e. The van der Waals surface area contributed by atoms with Gasteiger partial charge in [-0.3, -0.25) is 9.50 Å². The van der Waals surface area contributed by atoms with E-state index < -0.39 is 0 Å². The van der Waals surface area contributed by atoms with Crippen LogP contribution in [0.1, 0.15) is 93.3 Å². The zero-order valence-electron chi connectivity index (χ0n) is 27.1. The van der Waals surface area contributed by atoms with Crippen LogP contribution in [-0.4, -0.2) is 45.0 Å². The van der Waals surface area contributed by atoms with E-state index in [0.29, 0.717) is 24.4 Å². The maximum absolute atomic E-state index is 12.4. The van der Waals surface area contributed by atoms with Gasteiger partial charge in [-0.05, 0) is 106 Å². The van der Waals surface area contributed by atoms with Crippen LogP contribution in [0.5, 0.6) is 5.75 Å². The van der Waals surface area contributed by atoms with Crippen molar-refractivity contribution in [3.8, 4) is 5.75 Å². The molecule has 0 bridgehead atoms. The summed E-state index contributed by atoms with van der Waals surface area (Å²) in [5.74, 6) is 2.78. The summed E-state index contributed by atoms with van der Waals surface area (Å²) in [5, 5.41) is 0. The van der Waals surface area contributed by atoms with Crippen LogP contribution in [0.4, 0.5) is 10.4 Å². The Morgan fingerprint density at radius 2 is 1.98 bits per heavy atom. The highest BCUT2D eigenvalue weighted by Gasteiger charge is 2.44. The molecule has 0 N–H and O–H groups in total. The fraction of sp³-hybridized carbons (Fsp3) is 0.568. The highest BCUT2D eigenvalue weighted by atomic mass is 19.0. The number of nitrogens with zero attached hydrogens (tertiary/aromatic N) is 1. The van der Waals surface area contributed by atoms with E-state index in [-0.39, 0.29) is 22.0 Å². The maximum atomic E-state index is 12.4. The normalized spacial score (nSPS) is 23.7. The van der Waals surface area contributed by atoms with E-state index in [1.807, 2.05) is 19.2 Å². The highest BCUT2D eigenvalue weighted by Crippen LogP contribution is 2.46. The second kappa shape index (κ2) is 15.7. The van der Waals surface area contributed by atoms with Crippen LogP contribution in [0.2, 0.25) is 0 Å². The van der Waals surface area contributed by atoms with Crippen LogP contribution < -0.4 is 9.64 Å². The van der Waals surface area contributed by atoms with E-state index >= 15 is 0 Å². The number of rotatable bonds is 9. The van der Waals surface area contributed by atoms with Crippen molar-refractivity contribution < 1.29 is 23.8 Å². The van der Waals surface area contributed by atoms with Gasteiger partial charge in [0, 0.05) is 31.2 Å². The molecule has 2 aliphatic carbocycles. The minimum Gasteiger partial charge on any atom is -0.490 e. The van der Waals surface area contributed by atoms with Crippen LogP contribution >= 0.6 is 0 Å². The number of carbonyl (C=O) groups is 2. The summed E-state index contributed by atoms with van der Waals surface area (Å²) in [6.45, 7) is 12.4. The first-order valence-corrected chi connectivity index (χ1v) is 16.0. The first kappa shape index (κ1) is 34.5. The molecule has 1 saturated carbocycles. The average Bonchev–Trinajstić information content (AvgIpc) is 3.11. The summed E-state index contributed by atoms with van der Waals surface area (Å²) in [6.07, 6.45) is 13.7. The van der Waals surface area contributed by atoms with Crippen molar-refractivity contribution in [1.82, 2.24) is 0 Å². The Morgan fingerprint density at radius 3 is 2.63 bits per heavy atom. The molecule has 1 heterocycles. The van der Waals surface area contributed by atoms with Crippen molar-refractivity contribution in [2.24, 2.45) is 17.8 Å². The number of aryl methyl sites for hydroxylation is 2. The van der Waals surface area contributed by atoms with Crippen molar-refractivity contribution in [2.45, 2.75) is 91.1 Å². The molecule has 1 fully saturated rings. The number of carbonyl (C=O) groups excluding carboxylic acids is 2. The van der Waals surface area contributed by atoms with Gasteiger partial charge in [0.05, 0.1) is 18.4 Å². The van der Waals surface area contributed by atoms with E-state index in [2.05, 4.69) is 62.1 Å². The van der Waals surface area contributed by atoms with Gasteiger partial charge in [-0.2, -0.15) is 0 Å². The lowest BCUT2D eigenvalue weighted by Gasteiger charge is -2.46. The standard InChI is InChI=1S/C35H47NO3.C2H4O.FH/c1-6-24(2)9-7-11-33(38-5)30-15-13-29(30)21-36-22-35(18-8-10-28-19-25(3)12-16-31(28)35)23-39-34-17-14-27(26(4)37)20-32(34)36;1-2-3;/h7,11-12,14,16-17,19-20,24,29-30,33H,6,8-10,13,15,18,21-23H2,1-5H3;2H,1H3;1H/b11-7+;;/t24-,29+,30-,33+,35+;;/m1../s1. The fourth-order valence-corrected chi connectivity index (χ4v) is 7.04. The quantitative estimate of drug-likeness (QED) is 0.167. The van der Waals surface area contributed by atoms with Gasteiger partial charge in [0.2, 0.25) is 0 Å². The van der Waals surface area contributed by atoms with Crippen molar-refractivity contribution in [3.63, 3.8) is 0 Å². The van der Waals surface area contributed by atoms with Gasteiger partial charge in [-0.25, -0.2) is 0 Å². The average molecular weight is 594 g/mol. The second-order valence-corrected chi connectivity index (χ2v) is 12.8. The lowest BCUT2D eigenvalue weighted by atomic mass is 9.68. The zero-order valence-corrected chi connectivity index (χ0v) is 27.1. The number of hydrogen-bond donors (Lipinski definition) is 0. The van der Waals surface area contributed by atoms with E-state index in [1.54, 1.807) is 6.92 Å². The van der Waals surface area contributed by atoms with Gasteiger partial charge in [0.1, 0.15) is 12.0 Å². The molecule has 236 valence electrons. The van der Waals surface area contributed by atoms with E-state index in [1.165, 1.54) is 49.3 Å². The van der Waals surface area contributed by atoms with Gasteiger partial charge >= 0.3 is 0 Å². The fourth-order valence-electron chi connectivity index (χ4n) is 7.04. The van der Waals surface area contributed by atoms with Gasteiger partial charge in [-0.1, -0.05) is 56.2 Å². The molecule has 1 aliphatic heterocycles. The van der Waals surface area contributed by atoms with Crippen LogP contribution in [0.15, 0.2) is 48.6 Å². The van der Waals surface area contributed by atoms with Gasteiger partial charge < -0.3 is 19.2 Å². The largest absolute Gasteiger partial charge is 0.490 e. The topological polar surface area (TPSA) is 55.8 Å². The molecule has 6 heteroatoms. The molecule has 5 nitrogen and oxygen atoms in total. The third kappa shape index (κ3) is 7.94. The third-order valence-electron chi connectivity index (χ3n) is 9.82. The zero-order chi connectivity index (χ0) is 30.3. The van der Waals surface area contributed by atoms with Crippen molar-refractivity contribution in [2.75, 3.05) is 31.7 Å². The number of hydrogen-bond acceptors (Lipinski definition) is 5. The Hall–Kier alpha value is -2.99. The van der Waals surface area contributed by atoms with E-state index in [9.17, 15) is 4.79 Å². The summed E-state index contributed by atoms with van der Waals surface area (Å²) in [4.78, 5) is 23.7. The monoisotopic (exact) mass is 593 g/mol. The summed E-state index contributed by atoms with van der Waals surface area (Å²) in [5.41, 5.74) is 6.05. The van der Waals surface area contributed by atoms with Crippen molar-refractivity contribution >= 4 is 17.8 Å². The number of fused-ring (bicyclic) bond motifs is 3. The Morgan fingerprint density at radius 1 is 1.21 bits per heavy atom. The molecule has 0 aromatic heterocycles. The SMILES string of the molecule is CC=O.CC[C@@H](C)C/C=C/[C@H](OC)[C@@H]1CC[C@H]1CN1C[C@@]2(CCCc3cc(C)ccc32)COc2ccc(C(C)=O)cc21.F. The minimum atomic E-state index is -0.0488. The molecule has 5 atom stereocenters. The number of Topliss-reactive ketones (excluding diaryl/α,β-unsaturated/α-hetero) is 1. The molecule has 2 aromatic rings. The Bertz CT molecular complexity index is 1260. The Labute approximate surface area is 258 Å². The number of ether oxygens (including phenoxy) is 2. The number of halogens is 1. The summed E-state index contributed by atoms with van der Waals surface area (Å²) in [6, 6.07) is 13.0. The molecule has 5 rings (SSSR count). The molecule has 0 saturated heterocycles. The van der Waals surface area contributed by atoms with Crippen LogP contribution in [0.25, 0.3) is 0 Å². The van der Waals surface area contributed by atoms with E-state index in [0.717, 1.165) is 55.6 Å². The second-order valence-electron chi connectivity index (χ2n) is 12.8. The van der Waals surface area contributed by atoms with Crippen LogP contribution in [-0.2, 0) is 21.4 Å². The molecule has 43 heavy (non-hydrogen) atoms. The lowest BCUT2D eigenvalue weighted by Crippen LogP contribution is -2.49. The summed E-state index contributed by atoms with van der Waals surface area (Å²) >= 11 is 0. The Kier molecular flexibility index (Phi) is 12.6. The van der Waals surface area contributed by atoms with Crippen molar-refractivity contribution in [3.05, 3.63) is 70.8 Å². The molecule has 3 aliphatic rings. The summed E-state index contributed by atoms with van der Waals surface area (Å²) in [7, 11) is 1.86. The van der Waals surface area contributed by atoms with E-state index in [4.69, 9.17) is 14.3 Å². The van der Waals surface area contributed by atoms with Gasteiger partial charge in [0.25, 0.3) is 0 Å². The number of ketones is 1. The number of aldehydes is 1. The van der Waals surface area contributed by atoms with Crippen molar-refractivity contribution in [1.29, 1.82) is 0 Å². The summed E-state index contributed by atoms with van der Waals surface area (Å²) < 4.78 is 12.6. The molecule has 0 radical (unpaired) electrons. The van der Waals surface area contributed by atoms with Crippen LogP contribution in [0, 0.1) is 24.7 Å². The Balaban J connectivity index is 0.00000121. The van der Waals surface area contributed by atoms with Gasteiger partial charge in [0.15, 0.2) is 5.78 Å². The third-order valence-corrected chi connectivity index (χ3v) is 9.82. The van der Waals surface area contributed by atoms with Crippen LogP contribution in [0.3, 0.4) is 0 Å². The molecular weight excluding hydrogens is 541 g/mol.